The van der Waals surface area contributed by atoms with Crippen molar-refractivity contribution in [3.63, 3.8) is 0 Å². The molecule has 0 amide bonds. The fraction of sp³-hybridized carbons (Fsp3) is 0.333. The minimum Gasteiger partial charge on any atom is -0.479 e. The summed E-state index contributed by atoms with van der Waals surface area (Å²) in [6.45, 7) is 0.0192. The molecule has 0 aliphatic heterocycles. The molecule has 2 atom stereocenters. The van der Waals surface area contributed by atoms with Crippen molar-refractivity contribution >= 4 is 11.9 Å². The van der Waals surface area contributed by atoms with Crippen molar-refractivity contribution in [3.05, 3.63) is 35.9 Å². The molecule has 1 rings (SSSR count). The molecule has 0 saturated carbocycles. The number of carboxylic acids is 2. The summed E-state index contributed by atoms with van der Waals surface area (Å²) in [4.78, 5) is 21.2. The maximum atomic E-state index is 10.7. The Balaban J connectivity index is 2.48. The van der Waals surface area contributed by atoms with Crippen molar-refractivity contribution in [2.24, 2.45) is 0 Å². The van der Waals surface area contributed by atoms with E-state index in [0.29, 0.717) is 6.42 Å². The van der Waals surface area contributed by atoms with E-state index >= 15 is 0 Å². The molecule has 98 valence electrons. The van der Waals surface area contributed by atoms with E-state index in [1.54, 1.807) is 0 Å². The lowest BCUT2D eigenvalue weighted by atomic mass is 10.1. The van der Waals surface area contributed by atoms with Gasteiger partial charge in [-0.2, -0.15) is 0 Å². The van der Waals surface area contributed by atoms with Crippen LogP contribution in [-0.4, -0.2) is 46.1 Å². The van der Waals surface area contributed by atoms with Gasteiger partial charge in [-0.15, -0.1) is 0 Å². The number of aliphatic carboxylic acids is 2. The Morgan fingerprint density at radius 1 is 1.11 bits per heavy atom. The first-order valence-electron chi connectivity index (χ1n) is 5.31. The summed E-state index contributed by atoms with van der Waals surface area (Å²) in [6.07, 6.45) is -3.39. The number of carbonyl (C=O) groups is 2. The molecule has 1 aromatic rings. The number of ether oxygens (including phenoxy) is 1. The average Bonchev–Trinajstić information content (AvgIpc) is 2.34. The van der Waals surface area contributed by atoms with Crippen LogP contribution in [-0.2, 0) is 20.7 Å². The molecule has 6 nitrogen and oxygen atoms in total. The van der Waals surface area contributed by atoms with E-state index in [9.17, 15) is 9.59 Å². The molecular weight excluding hydrogens is 240 g/mol. The van der Waals surface area contributed by atoms with Crippen LogP contribution < -0.4 is 0 Å². The van der Waals surface area contributed by atoms with E-state index in [1.165, 1.54) is 0 Å². The number of rotatable bonds is 7. The monoisotopic (exact) mass is 254 g/mol. The second-order valence-corrected chi connectivity index (χ2v) is 3.65. The second kappa shape index (κ2) is 6.73. The van der Waals surface area contributed by atoms with E-state index in [2.05, 4.69) is 0 Å². The van der Waals surface area contributed by atoms with Crippen molar-refractivity contribution in [2.45, 2.75) is 18.6 Å². The fourth-order valence-corrected chi connectivity index (χ4v) is 1.38. The van der Waals surface area contributed by atoms with Gasteiger partial charge in [0.1, 0.15) is 0 Å². The SMILES string of the molecule is O=C(O)C(O)C(OCCc1ccccc1)C(=O)O. The van der Waals surface area contributed by atoms with Gasteiger partial charge in [-0.05, 0) is 12.0 Å². The van der Waals surface area contributed by atoms with Crippen LogP contribution >= 0.6 is 0 Å². The van der Waals surface area contributed by atoms with Gasteiger partial charge in [0.25, 0.3) is 0 Å². The number of benzene rings is 1. The van der Waals surface area contributed by atoms with Crippen LogP contribution in [0.25, 0.3) is 0 Å². The van der Waals surface area contributed by atoms with Crippen LogP contribution in [0.3, 0.4) is 0 Å². The molecule has 0 fully saturated rings. The van der Waals surface area contributed by atoms with Gasteiger partial charge in [0.2, 0.25) is 0 Å². The Hall–Kier alpha value is -1.92. The molecule has 0 aliphatic carbocycles. The first-order valence-corrected chi connectivity index (χ1v) is 5.31. The van der Waals surface area contributed by atoms with E-state index in [0.717, 1.165) is 5.56 Å². The van der Waals surface area contributed by atoms with Gasteiger partial charge in [-0.25, -0.2) is 9.59 Å². The smallest absolute Gasteiger partial charge is 0.336 e. The number of hydrogen-bond acceptors (Lipinski definition) is 4. The van der Waals surface area contributed by atoms with Gasteiger partial charge in [0.05, 0.1) is 6.61 Å². The summed E-state index contributed by atoms with van der Waals surface area (Å²) >= 11 is 0. The molecule has 0 aromatic heterocycles. The highest BCUT2D eigenvalue weighted by Gasteiger charge is 2.32. The number of aliphatic hydroxyl groups excluding tert-OH is 1. The molecular formula is C12H14O6. The summed E-state index contributed by atoms with van der Waals surface area (Å²) in [5, 5.41) is 26.4. The minimum absolute atomic E-state index is 0.0192. The third-order valence-corrected chi connectivity index (χ3v) is 2.31. The molecule has 0 saturated heterocycles. The predicted octanol–water partition coefficient (Wildman–Crippen LogP) is 0.144. The fourth-order valence-electron chi connectivity index (χ4n) is 1.38. The van der Waals surface area contributed by atoms with Crippen LogP contribution in [0.4, 0.5) is 0 Å². The molecule has 0 radical (unpaired) electrons. The molecule has 0 aliphatic rings. The molecule has 6 heteroatoms. The number of carboxylic acid groups (broad SMARTS) is 2. The highest BCUT2D eigenvalue weighted by Crippen LogP contribution is 2.04. The van der Waals surface area contributed by atoms with Crippen molar-refractivity contribution in [1.82, 2.24) is 0 Å². The van der Waals surface area contributed by atoms with Crippen LogP contribution in [0.15, 0.2) is 30.3 Å². The van der Waals surface area contributed by atoms with E-state index in [-0.39, 0.29) is 6.61 Å². The van der Waals surface area contributed by atoms with Gasteiger partial charge in [-0.1, -0.05) is 30.3 Å². The van der Waals surface area contributed by atoms with Gasteiger partial charge in [0.15, 0.2) is 12.2 Å². The lowest BCUT2D eigenvalue weighted by molar-refractivity contribution is -0.170. The van der Waals surface area contributed by atoms with Crippen molar-refractivity contribution < 1.29 is 29.6 Å². The Morgan fingerprint density at radius 2 is 1.72 bits per heavy atom. The van der Waals surface area contributed by atoms with E-state index in [4.69, 9.17) is 20.1 Å². The van der Waals surface area contributed by atoms with Gasteiger partial charge in [-0.3, -0.25) is 0 Å². The van der Waals surface area contributed by atoms with Crippen molar-refractivity contribution in [3.8, 4) is 0 Å². The summed E-state index contributed by atoms with van der Waals surface area (Å²) in [6, 6.07) is 9.18. The van der Waals surface area contributed by atoms with Gasteiger partial charge in [0, 0.05) is 0 Å². The molecule has 0 spiro atoms. The molecule has 18 heavy (non-hydrogen) atoms. The zero-order chi connectivity index (χ0) is 13.5. The third kappa shape index (κ3) is 4.15. The van der Waals surface area contributed by atoms with Gasteiger partial charge >= 0.3 is 11.9 Å². The Labute approximate surface area is 103 Å². The Morgan fingerprint density at radius 3 is 2.22 bits per heavy atom. The summed E-state index contributed by atoms with van der Waals surface area (Å²) in [5.74, 6) is -3.12. The Kier molecular flexibility index (Phi) is 5.29. The molecule has 0 bridgehead atoms. The van der Waals surface area contributed by atoms with E-state index in [1.807, 2.05) is 30.3 Å². The quantitative estimate of drug-likeness (QED) is 0.639. The first-order chi connectivity index (χ1) is 8.52. The summed E-state index contributed by atoms with van der Waals surface area (Å²) < 4.78 is 4.90. The zero-order valence-corrected chi connectivity index (χ0v) is 9.52. The normalized spacial score (nSPS) is 13.8. The summed E-state index contributed by atoms with van der Waals surface area (Å²) in [7, 11) is 0. The van der Waals surface area contributed by atoms with E-state index < -0.39 is 24.1 Å². The zero-order valence-electron chi connectivity index (χ0n) is 9.52. The van der Waals surface area contributed by atoms with Crippen molar-refractivity contribution in [2.75, 3.05) is 6.61 Å². The minimum atomic E-state index is -2.07. The van der Waals surface area contributed by atoms with Crippen LogP contribution in [0, 0.1) is 0 Å². The van der Waals surface area contributed by atoms with Crippen LogP contribution in [0.5, 0.6) is 0 Å². The largest absolute Gasteiger partial charge is 0.479 e. The number of hydrogen-bond donors (Lipinski definition) is 3. The maximum absolute atomic E-state index is 10.7. The van der Waals surface area contributed by atoms with Crippen molar-refractivity contribution in [1.29, 1.82) is 0 Å². The van der Waals surface area contributed by atoms with Crippen LogP contribution in [0.2, 0.25) is 0 Å². The average molecular weight is 254 g/mol. The molecule has 3 N–H and O–H groups in total. The molecule has 0 heterocycles. The maximum Gasteiger partial charge on any atom is 0.336 e. The first kappa shape index (κ1) is 14.1. The lowest BCUT2D eigenvalue weighted by Gasteiger charge is -2.16. The predicted molar refractivity (Wildman–Crippen MR) is 61.2 cm³/mol. The third-order valence-electron chi connectivity index (χ3n) is 2.31. The molecule has 2 unspecified atom stereocenters. The topological polar surface area (TPSA) is 104 Å². The highest BCUT2D eigenvalue weighted by molar-refractivity contribution is 5.83. The standard InChI is InChI=1S/C12H14O6/c13-9(11(14)15)10(12(16)17)18-7-6-8-4-2-1-3-5-8/h1-5,9-10,13H,6-7H2,(H,14,15)(H,16,17). The van der Waals surface area contributed by atoms with Crippen LogP contribution in [0.1, 0.15) is 5.56 Å². The Bertz CT molecular complexity index is 402. The summed E-state index contributed by atoms with van der Waals surface area (Å²) in [5.41, 5.74) is 0.937. The second-order valence-electron chi connectivity index (χ2n) is 3.65. The number of aliphatic hydroxyl groups is 1. The molecule has 1 aromatic carbocycles. The highest BCUT2D eigenvalue weighted by atomic mass is 16.5. The lowest BCUT2D eigenvalue weighted by Crippen LogP contribution is -2.42. The van der Waals surface area contributed by atoms with Gasteiger partial charge < -0.3 is 20.1 Å².